The second-order valence-corrected chi connectivity index (χ2v) is 9.12. The monoisotopic (exact) mass is 294 g/mol. The topological polar surface area (TPSA) is 29.3 Å². The number of piperidine rings is 1. The molecule has 0 spiro atoms. The maximum absolute atomic E-state index is 6.11. The van der Waals surface area contributed by atoms with Gasteiger partial charge in [0.1, 0.15) is 0 Å². The van der Waals surface area contributed by atoms with Crippen molar-refractivity contribution in [2.45, 2.75) is 79.2 Å². The summed E-state index contributed by atoms with van der Waals surface area (Å²) in [6.45, 7) is 15.6. The maximum atomic E-state index is 6.11. The molecule has 0 aromatic rings. The molecule has 2 fully saturated rings. The summed E-state index contributed by atoms with van der Waals surface area (Å²) in [5.74, 6) is 1.61. The van der Waals surface area contributed by atoms with E-state index in [0.29, 0.717) is 10.8 Å². The molecule has 3 unspecified atom stereocenters. The first-order chi connectivity index (χ1) is 9.79. The fourth-order valence-corrected chi connectivity index (χ4v) is 4.39. The highest BCUT2D eigenvalue weighted by Crippen LogP contribution is 2.44. The van der Waals surface area contributed by atoms with Crippen LogP contribution in [-0.4, -0.2) is 30.6 Å². The molecule has 0 bridgehead atoms. The van der Waals surface area contributed by atoms with Gasteiger partial charge in [0, 0.05) is 6.04 Å². The molecule has 1 saturated carbocycles. The van der Waals surface area contributed by atoms with Crippen LogP contribution in [0.1, 0.15) is 73.1 Å². The Morgan fingerprint density at radius 3 is 2.29 bits per heavy atom. The van der Waals surface area contributed by atoms with Gasteiger partial charge in [0.2, 0.25) is 0 Å². The van der Waals surface area contributed by atoms with Crippen molar-refractivity contribution in [3.63, 3.8) is 0 Å². The number of hydrogen-bond acceptors (Lipinski definition) is 2. The largest absolute Gasteiger partial charge is 0.330 e. The lowest BCUT2D eigenvalue weighted by molar-refractivity contribution is 0.00866. The van der Waals surface area contributed by atoms with Crippen molar-refractivity contribution >= 4 is 0 Å². The Bertz CT molecular complexity index is 324. The van der Waals surface area contributed by atoms with Crippen LogP contribution in [0.15, 0.2) is 0 Å². The zero-order chi connectivity index (χ0) is 15.7. The Labute approximate surface area is 132 Å². The Morgan fingerprint density at radius 2 is 1.76 bits per heavy atom. The van der Waals surface area contributed by atoms with Gasteiger partial charge in [0.15, 0.2) is 0 Å². The molecule has 2 N–H and O–H groups in total. The van der Waals surface area contributed by atoms with Gasteiger partial charge in [-0.15, -0.1) is 0 Å². The van der Waals surface area contributed by atoms with Crippen molar-refractivity contribution in [3.8, 4) is 0 Å². The number of likely N-dealkylation sites (tertiary alicyclic amines) is 1. The van der Waals surface area contributed by atoms with Crippen LogP contribution >= 0.6 is 0 Å². The van der Waals surface area contributed by atoms with E-state index in [1.807, 2.05) is 0 Å². The molecule has 2 rings (SSSR count). The van der Waals surface area contributed by atoms with Gasteiger partial charge in [-0.2, -0.15) is 0 Å². The average molecular weight is 295 g/mol. The van der Waals surface area contributed by atoms with E-state index >= 15 is 0 Å². The number of nitrogens with zero attached hydrogens (tertiary/aromatic N) is 1. The number of rotatable bonds is 4. The van der Waals surface area contributed by atoms with E-state index in [0.717, 1.165) is 24.4 Å². The Balaban J connectivity index is 2.04. The minimum absolute atomic E-state index is 0.493. The van der Waals surface area contributed by atoms with Gasteiger partial charge >= 0.3 is 0 Å². The quantitative estimate of drug-likeness (QED) is 0.838. The van der Waals surface area contributed by atoms with Gasteiger partial charge in [-0.1, -0.05) is 41.0 Å². The molecular weight excluding hydrogens is 256 g/mol. The molecule has 3 atom stereocenters. The van der Waals surface area contributed by atoms with Crippen molar-refractivity contribution < 1.29 is 0 Å². The number of hydrogen-bond donors (Lipinski definition) is 1. The van der Waals surface area contributed by atoms with Crippen LogP contribution in [-0.2, 0) is 0 Å². The van der Waals surface area contributed by atoms with Crippen LogP contribution in [0.2, 0.25) is 0 Å². The Hall–Kier alpha value is -0.0800. The third-order valence-corrected chi connectivity index (χ3v) is 6.90. The molecule has 0 aromatic carbocycles. The molecule has 124 valence electrons. The van der Waals surface area contributed by atoms with Crippen LogP contribution < -0.4 is 5.73 Å². The molecule has 2 heteroatoms. The zero-order valence-corrected chi connectivity index (χ0v) is 15.1. The van der Waals surface area contributed by atoms with E-state index in [4.69, 9.17) is 5.73 Å². The van der Waals surface area contributed by atoms with E-state index < -0.39 is 0 Å². The van der Waals surface area contributed by atoms with Crippen molar-refractivity contribution in [1.29, 1.82) is 0 Å². The van der Waals surface area contributed by atoms with Crippen LogP contribution in [0.25, 0.3) is 0 Å². The van der Waals surface area contributed by atoms with Crippen LogP contribution in [0.3, 0.4) is 0 Å². The molecule has 1 heterocycles. The van der Waals surface area contributed by atoms with Gasteiger partial charge in [0.25, 0.3) is 0 Å². The van der Waals surface area contributed by atoms with Crippen LogP contribution in [0.4, 0.5) is 0 Å². The van der Waals surface area contributed by atoms with Crippen molar-refractivity contribution in [2.75, 3.05) is 19.6 Å². The summed E-state index contributed by atoms with van der Waals surface area (Å²) in [5.41, 5.74) is 7.15. The normalized spacial score (nSPS) is 34.9. The van der Waals surface area contributed by atoms with E-state index in [-0.39, 0.29) is 0 Å². The molecule has 21 heavy (non-hydrogen) atoms. The van der Waals surface area contributed by atoms with E-state index in [1.165, 1.54) is 51.6 Å². The maximum Gasteiger partial charge on any atom is 0.0138 e. The summed E-state index contributed by atoms with van der Waals surface area (Å²) in [7, 11) is 0. The van der Waals surface area contributed by atoms with Gasteiger partial charge in [0.05, 0.1) is 0 Å². The second kappa shape index (κ2) is 6.58. The Morgan fingerprint density at radius 1 is 1.14 bits per heavy atom. The summed E-state index contributed by atoms with van der Waals surface area (Å²) in [6, 6.07) is 0.746. The highest BCUT2D eigenvalue weighted by atomic mass is 15.2. The Kier molecular flexibility index (Phi) is 5.41. The van der Waals surface area contributed by atoms with E-state index in [9.17, 15) is 0 Å². The van der Waals surface area contributed by atoms with Gasteiger partial charge < -0.3 is 10.6 Å². The smallest absolute Gasteiger partial charge is 0.0138 e. The first kappa shape index (κ1) is 17.3. The lowest BCUT2D eigenvalue weighted by Gasteiger charge is -2.49. The fourth-order valence-electron chi connectivity index (χ4n) is 4.39. The van der Waals surface area contributed by atoms with Gasteiger partial charge in [-0.05, 0) is 74.4 Å². The standard InChI is InChI=1S/C19H38N2/c1-6-19(4,5)16-8-7-15(14-20)17(13-16)21-11-9-18(2,3)10-12-21/h15-17H,6-14,20H2,1-5H3. The molecule has 1 aliphatic carbocycles. The lowest BCUT2D eigenvalue weighted by atomic mass is 9.65. The highest BCUT2D eigenvalue weighted by molar-refractivity contribution is 4.94. The van der Waals surface area contributed by atoms with Gasteiger partial charge in [-0.3, -0.25) is 0 Å². The highest BCUT2D eigenvalue weighted by Gasteiger charge is 2.40. The van der Waals surface area contributed by atoms with Crippen molar-refractivity contribution in [1.82, 2.24) is 4.90 Å². The van der Waals surface area contributed by atoms with Crippen LogP contribution in [0, 0.1) is 22.7 Å². The van der Waals surface area contributed by atoms with E-state index in [2.05, 4.69) is 39.5 Å². The summed E-state index contributed by atoms with van der Waals surface area (Å²) in [4.78, 5) is 2.79. The molecule has 0 amide bonds. The van der Waals surface area contributed by atoms with Crippen molar-refractivity contribution in [2.24, 2.45) is 28.4 Å². The minimum Gasteiger partial charge on any atom is -0.330 e. The average Bonchev–Trinajstić information content (AvgIpc) is 2.46. The first-order valence-electron chi connectivity index (χ1n) is 9.23. The summed E-state index contributed by atoms with van der Waals surface area (Å²) in [5, 5.41) is 0. The predicted molar refractivity (Wildman–Crippen MR) is 92.3 cm³/mol. The summed E-state index contributed by atoms with van der Waals surface area (Å²) >= 11 is 0. The third-order valence-electron chi connectivity index (χ3n) is 6.90. The van der Waals surface area contributed by atoms with Crippen LogP contribution in [0.5, 0.6) is 0 Å². The molecule has 0 radical (unpaired) electrons. The van der Waals surface area contributed by atoms with Crippen molar-refractivity contribution in [3.05, 3.63) is 0 Å². The first-order valence-corrected chi connectivity index (χ1v) is 9.23. The molecule has 1 aliphatic heterocycles. The zero-order valence-electron chi connectivity index (χ0n) is 15.1. The molecule has 2 aliphatic rings. The second-order valence-electron chi connectivity index (χ2n) is 9.12. The third kappa shape index (κ3) is 4.01. The predicted octanol–water partition coefficient (Wildman–Crippen LogP) is 4.29. The fraction of sp³-hybridized carbons (Fsp3) is 1.00. The molecule has 0 aromatic heterocycles. The molecule has 1 saturated heterocycles. The SMILES string of the molecule is CCC(C)(C)C1CCC(CN)C(N2CCC(C)(C)CC2)C1. The lowest BCUT2D eigenvalue weighted by Crippen LogP contribution is -2.52. The number of nitrogens with two attached hydrogens (primary N) is 1. The van der Waals surface area contributed by atoms with E-state index in [1.54, 1.807) is 0 Å². The summed E-state index contributed by atoms with van der Waals surface area (Å²) < 4.78 is 0. The molecule has 2 nitrogen and oxygen atoms in total. The molecular formula is C19H38N2. The summed E-state index contributed by atoms with van der Waals surface area (Å²) in [6.07, 6.45) is 8.10. The van der Waals surface area contributed by atoms with Gasteiger partial charge in [-0.25, -0.2) is 0 Å². The minimum atomic E-state index is 0.493.